The highest BCUT2D eigenvalue weighted by atomic mass is 32.2. The first-order valence-corrected chi connectivity index (χ1v) is 10.5. The molecule has 1 heterocycles. The molecule has 0 aliphatic heterocycles. The quantitative estimate of drug-likeness (QED) is 0.547. The van der Waals surface area contributed by atoms with Crippen molar-refractivity contribution >= 4 is 17.7 Å². The van der Waals surface area contributed by atoms with Crippen LogP contribution in [0.5, 0.6) is 5.75 Å². The van der Waals surface area contributed by atoms with Crippen LogP contribution in [-0.2, 0) is 24.9 Å². The molecule has 0 radical (unpaired) electrons. The van der Waals surface area contributed by atoms with Crippen molar-refractivity contribution in [3.05, 3.63) is 71.0 Å². The SMILES string of the molecule is Cc1ccc(C)c(OCc2nnc(SCC(=O)NCCc3ccccc3)n2C)c1. The zero-order valence-corrected chi connectivity index (χ0v) is 17.8. The van der Waals surface area contributed by atoms with Gasteiger partial charge in [-0.3, -0.25) is 4.79 Å². The molecule has 0 saturated carbocycles. The van der Waals surface area contributed by atoms with Gasteiger partial charge in [0.2, 0.25) is 5.91 Å². The van der Waals surface area contributed by atoms with Crippen LogP contribution in [-0.4, -0.2) is 33.0 Å². The number of hydrogen-bond acceptors (Lipinski definition) is 5. The summed E-state index contributed by atoms with van der Waals surface area (Å²) >= 11 is 1.37. The predicted octanol–water partition coefficient (Wildman–Crippen LogP) is 3.46. The maximum Gasteiger partial charge on any atom is 0.230 e. The van der Waals surface area contributed by atoms with E-state index in [0.717, 1.165) is 29.1 Å². The van der Waals surface area contributed by atoms with Crippen LogP contribution in [0.4, 0.5) is 0 Å². The fraction of sp³-hybridized carbons (Fsp3) is 0.318. The third-order valence-electron chi connectivity index (χ3n) is 4.54. The van der Waals surface area contributed by atoms with Crippen LogP contribution in [0.15, 0.2) is 53.7 Å². The molecule has 6 nitrogen and oxygen atoms in total. The summed E-state index contributed by atoms with van der Waals surface area (Å²) in [5, 5.41) is 12.0. The number of amides is 1. The zero-order valence-electron chi connectivity index (χ0n) is 17.0. The number of nitrogens with one attached hydrogen (secondary N) is 1. The van der Waals surface area contributed by atoms with Crippen molar-refractivity contribution in [2.45, 2.75) is 32.0 Å². The van der Waals surface area contributed by atoms with Crippen LogP contribution < -0.4 is 10.1 Å². The van der Waals surface area contributed by atoms with Gasteiger partial charge in [-0.15, -0.1) is 10.2 Å². The largest absolute Gasteiger partial charge is 0.485 e. The number of nitrogens with zero attached hydrogens (tertiary/aromatic N) is 3. The normalized spacial score (nSPS) is 10.7. The minimum atomic E-state index is -0.0119. The van der Waals surface area contributed by atoms with Crippen molar-refractivity contribution in [3.63, 3.8) is 0 Å². The number of aryl methyl sites for hydroxylation is 2. The van der Waals surface area contributed by atoms with Crippen LogP contribution in [0.1, 0.15) is 22.5 Å². The van der Waals surface area contributed by atoms with E-state index in [2.05, 4.69) is 33.7 Å². The van der Waals surface area contributed by atoms with Gasteiger partial charge in [0.25, 0.3) is 0 Å². The first-order valence-electron chi connectivity index (χ1n) is 9.54. The molecule has 3 rings (SSSR count). The Morgan fingerprint density at radius 3 is 2.72 bits per heavy atom. The molecule has 0 aliphatic carbocycles. The summed E-state index contributed by atoms with van der Waals surface area (Å²) in [5.41, 5.74) is 3.44. The van der Waals surface area contributed by atoms with Crippen molar-refractivity contribution in [2.24, 2.45) is 7.05 Å². The number of hydrogen-bond donors (Lipinski definition) is 1. The lowest BCUT2D eigenvalue weighted by Gasteiger charge is -2.10. The third kappa shape index (κ3) is 6.09. The average molecular weight is 411 g/mol. The monoisotopic (exact) mass is 410 g/mol. The molecule has 152 valence electrons. The Balaban J connectivity index is 1.45. The van der Waals surface area contributed by atoms with E-state index >= 15 is 0 Å². The van der Waals surface area contributed by atoms with Gasteiger partial charge < -0.3 is 14.6 Å². The second kappa shape index (κ2) is 10.1. The van der Waals surface area contributed by atoms with Crippen molar-refractivity contribution in [3.8, 4) is 5.75 Å². The maximum absolute atomic E-state index is 12.1. The molecule has 0 aliphatic rings. The minimum Gasteiger partial charge on any atom is -0.485 e. The first kappa shape index (κ1) is 20.9. The molecule has 0 fully saturated rings. The van der Waals surface area contributed by atoms with E-state index in [1.54, 1.807) is 0 Å². The first-order chi connectivity index (χ1) is 14.0. The third-order valence-corrected chi connectivity index (χ3v) is 5.56. The molecule has 1 N–H and O–H groups in total. The molecule has 0 atom stereocenters. The Kier molecular flexibility index (Phi) is 7.30. The van der Waals surface area contributed by atoms with Gasteiger partial charge in [-0.1, -0.05) is 54.2 Å². The Morgan fingerprint density at radius 2 is 1.93 bits per heavy atom. The summed E-state index contributed by atoms with van der Waals surface area (Å²) in [7, 11) is 1.89. The number of carbonyl (C=O) groups excluding carboxylic acids is 1. The fourth-order valence-corrected chi connectivity index (χ4v) is 3.53. The van der Waals surface area contributed by atoms with Gasteiger partial charge in [-0.25, -0.2) is 0 Å². The standard InChI is InChI=1S/C22H26N4O2S/c1-16-9-10-17(2)19(13-16)28-14-20-24-25-22(26(20)3)29-15-21(27)23-12-11-18-7-5-4-6-8-18/h4-10,13H,11-12,14-15H2,1-3H3,(H,23,27). The van der Waals surface area contributed by atoms with Gasteiger partial charge in [0.05, 0.1) is 5.75 Å². The van der Waals surface area contributed by atoms with E-state index in [-0.39, 0.29) is 5.91 Å². The molecule has 0 unspecified atom stereocenters. The highest BCUT2D eigenvalue weighted by Gasteiger charge is 2.12. The smallest absolute Gasteiger partial charge is 0.230 e. The van der Waals surface area contributed by atoms with Gasteiger partial charge in [0.1, 0.15) is 12.4 Å². The van der Waals surface area contributed by atoms with Crippen molar-refractivity contribution in [1.29, 1.82) is 0 Å². The number of carbonyl (C=O) groups is 1. The maximum atomic E-state index is 12.1. The van der Waals surface area contributed by atoms with Crippen molar-refractivity contribution in [2.75, 3.05) is 12.3 Å². The van der Waals surface area contributed by atoms with Gasteiger partial charge in [-0.2, -0.15) is 0 Å². The number of aromatic nitrogens is 3. The second-order valence-electron chi connectivity index (χ2n) is 6.89. The molecule has 1 aromatic heterocycles. The number of thioether (sulfide) groups is 1. The van der Waals surface area contributed by atoms with Crippen LogP contribution in [0, 0.1) is 13.8 Å². The Bertz CT molecular complexity index is 957. The molecule has 0 spiro atoms. The summed E-state index contributed by atoms with van der Waals surface area (Å²) in [6.45, 7) is 5.01. The molecule has 2 aromatic carbocycles. The van der Waals surface area contributed by atoms with Crippen LogP contribution >= 0.6 is 11.8 Å². The molecule has 7 heteroatoms. The number of rotatable bonds is 9. The van der Waals surface area contributed by atoms with Crippen molar-refractivity contribution in [1.82, 2.24) is 20.1 Å². The minimum absolute atomic E-state index is 0.0119. The van der Waals surface area contributed by atoms with Crippen LogP contribution in [0.25, 0.3) is 0 Å². The predicted molar refractivity (Wildman–Crippen MR) is 115 cm³/mol. The van der Waals surface area contributed by atoms with E-state index < -0.39 is 0 Å². The van der Waals surface area contributed by atoms with E-state index in [1.165, 1.54) is 17.3 Å². The Hall–Kier alpha value is -2.80. The number of benzene rings is 2. The zero-order chi connectivity index (χ0) is 20.6. The summed E-state index contributed by atoms with van der Waals surface area (Å²) in [6.07, 6.45) is 0.821. The number of ether oxygens (including phenoxy) is 1. The van der Waals surface area contributed by atoms with Gasteiger partial charge in [0.15, 0.2) is 11.0 Å². The molecular formula is C22H26N4O2S. The topological polar surface area (TPSA) is 69.0 Å². The lowest BCUT2D eigenvalue weighted by Crippen LogP contribution is -2.27. The van der Waals surface area contributed by atoms with E-state index in [0.29, 0.717) is 24.1 Å². The lowest BCUT2D eigenvalue weighted by molar-refractivity contribution is -0.118. The molecular weight excluding hydrogens is 384 g/mol. The van der Waals surface area contributed by atoms with E-state index in [9.17, 15) is 4.79 Å². The van der Waals surface area contributed by atoms with Gasteiger partial charge in [0, 0.05) is 13.6 Å². The highest BCUT2D eigenvalue weighted by Crippen LogP contribution is 2.21. The fourth-order valence-electron chi connectivity index (χ4n) is 2.77. The lowest BCUT2D eigenvalue weighted by atomic mass is 10.1. The molecule has 0 bridgehead atoms. The summed E-state index contributed by atoms with van der Waals surface area (Å²) in [6, 6.07) is 16.2. The Labute approximate surface area is 175 Å². The molecule has 29 heavy (non-hydrogen) atoms. The molecule has 3 aromatic rings. The van der Waals surface area contributed by atoms with Crippen LogP contribution in [0.2, 0.25) is 0 Å². The summed E-state index contributed by atoms with van der Waals surface area (Å²) in [5.74, 6) is 1.86. The highest BCUT2D eigenvalue weighted by molar-refractivity contribution is 7.99. The summed E-state index contributed by atoms with van der Waals surface area (Å²) < 4.78 is 7.77. The average Bonchev–Trinajstić information content (AvgIpc) is 3.07. The van der Waals surface area contributed by atoms with Gasteiger partial charge in [-0.05, 0) is 43.0 Å². The molecule has 1 amide bonds. The van der Waals surface area contributed by atoms with E-state index in [4.69, 9.17) is 4.74 Å². The molecule has 0 saturated heterocycles. The van der Waals surface area contributed by atoms with Crippen LogP contribution in [0.3, 0.4) is 0 Å². The Morgan fingerprint density at radius 1 is 1.14 bits per heavy atom. The van der Waals surface area contributed by atoms with Gasteiger partial charge >= 0.3 is 0 Å². The summed E-state index contributed by atoms with van der Waals surface area (Å²) in [4.78, 5) is 12.1. The second-order valence-corrected chi connectivity index (χ2v) is 7.83. The van der Waals surface area contributed by atoms with Crippen molar-refractivity contribution < 1.29 is 9.53 Å². The van der Waals surface area contributed by atoms with E-state index in [1.807, 2.05) is 55.8 Å².